The van der Waals surface area contributed by atoms with Crippen LogP contribution in [0.15, 0.2) is 35.9 Å². The predicted molar refractivity (Wildman–Crippen MR) is 122 cm³/mol. The maximum Gasteiger partial charge on any atom is 0.311 e. The van der Waals surface area contributed by atoms with Gasteiger partial charge in [0.1, 0.15) is 6.10 Å². The van der Waals surface area contributed by atoms with E-state index in [0.29, 0.717) is 12.5 Å². The van der Waals surface area contributed by atoms with Gasteiger partial charge in [0.05, 0.1) is 12.0 Å². The van der Waals surface area contributed by atoms with Gasteiger partial charge in [-0.05, 0) is 43.4 Å². The summed E-state index contributed by atoms with van der Waals surface area (Å²) in [5, 5.41) is 11.5. The number of fused-ring (bicyclic) bond motifs is 2. The van der Waals surface area contributed by atoms with Crippen LogP contribution in [-0.2, 0) is 9.53 Å². The molecule has 1 saturated carbocycles. The minimum Gasteiger partial charge on any atom is -0.461 e. The predicted octanol–water partition coefficient (Wildman–Crippen LogP) is 3.40. The molecular formula is C26H36N2O3. The minimum atomic E-state index is -0.516. The molecule has 168 valence electrons. The molecule has 2 aliphatic heterocycles. The summed E-state index contributed by atoms with van der Waals surface area (Å²) in [6.07, 6.45) is 4.59. The number of anilines is 1. The van der Waals surface area contributed by atoms with E-state index < -0.39 is 6.10 Å². The standard InChI is InChI=1S/C26H36N2O3/c1-17-6-4-9-20(14-17)28-12-10-27(11-13-28)16-21-23-22(31-25(21)30)15-19-8-5-7-18(2)26(19,3)24(23)29/h4,6,8-9,14,18,21-24,29H,5,7,10-13,15-16H2,1-3H3/t18-,21-,22+,23+,24-,26+/m0/s1. The molecule has 1 aromatic carbocycles. The number of aliphatic hydroxyl groups is 1. The Bertz CT molecular complexity index is 875. The second-order valence-corrected chi connectivity index (χ2v) is 10.4. The molecule has 2 saturated heterocycles. The largest absolute Gasteiger partial charge is 0.461 e. The summed E-state index contributed by atoms with van der Waals surface area (Å²) in [6.45, 7) is 11.1. The summed E-state index contributed by atoms with van der Waals surface area (Å²) in [7, 11) is 0. The van der Waals surface area contributed by atoms with Crippen LogP contribution in [0.5, 0.6) is 0 Å². The number of esters is 1. The topological polar surface area (TPSA) is 53.0 Å². The number of piperazine rings is 1. The summed E-state index contributed by atoms with van der Waals surface area (Å²) in [5.41, 5.74) is 3.64. The van der Waals surface area contributed by atoms with Crippen molar-refractivity contribution in [1.82, 2.24) is 4.90 Å². The highest BCUT2D eigenvalue weighted by molar-refractivity contribution is 5.76. The van der Waals surface area contributed by atoms with Gasteiger partial charge in [0, 0.05) is 56.2 Å². The fraction of sp³-hybridized carbons (Fsp3) is 0.654. The van der Waals surface area contributed by atoms with Gasteiger partial charge in [-0.3, -0.25) is 9.69 Å². The molecule has 5 heteroatoms. The van der Waals surface area contributed by atoms with Crippen LogP contribution in [0.1, 0.15) is 38.7 Å². The maximum absolute atomic E-state index is 12.9. The molecule has 31 heavy (non-hydrogen) atoms. The normalized spacial score (nSPS) is 38.3. The first kappa shape index (κ1) is 21.0. The van der Waals surface area contributed by atoms with Crippen molar-refractivity contribution in [2.75, 3.05) is 37.6 Å². The molecule has 5 nitrogen and oxygen atoms in total. The van der Waals surface area contributed by atoms with E-state index in [9.17, 15) is 9.90 Å². The molecule has 0 spiro atoms. The SMILES string of the molecule is Cc1cccc(N2CCN(C[C@@H]3C(=O)O[C@@H]4CC5=CCC[C@H](C)[C@@]5(C)[C@@H](O)[C@H]34)CC2)c1. The highest BCUT2D eigenvalue weighted by atomic mass is 16.6. The lowest BCUT2D eigenvalue weighted by atomic mass is 9.55. The quantitative estimate of drug-likeness (QED) is 0.595. The number of carbonyl (C=O) groups is 1. The van der Waals surface area contributed by atoms with Gasteiger partial charge in [-0.15, -0.1) is 0 Å². The number of hydrogen-bond donors (Lipinski definition) is 1. The molecule has 3 fully saturated rings. The smallest absolute Gasteiger partial charge is 0.311 e. The fourth-order valence-electron chi connectivity index (χ4n) is 6.57. The zero-order valence-electron chi connectivity index (χ0n) is 19.1. The van der Waals surface area contributed by atoms with Crippen molar-refractivity contribution in [3.63, 3.8) is 0 Å². The Hall–Kier alpha value is -1.85. The zero-order valence-corrected chi connectivity index (χ0v) is 19.1. The van der Waals surface area contributed by atoms with E-state index in [2.05, 4.69) is 60.9 Å². The van der Waals surface area contributed by atoms with E-state index in [1.165, 1.54) is 16.8 Å². The maximum atomic E-state index is 12.9. The molecule has 0 amide bonds. The van der Waals surface area contributed by atoms with Crippen LogP contribution < -0.4 is 4.90 Å². The van der Waals surface area contributed by atoms with Gasteiger partial charge in [-0.2, -0.15) is 0 Å². The van der Waals surface area contributed by atoms with Gasteiger partial charge in [-0.25, -0.2) is 0 Å². The van der Waals surface area contributed by atoms with E-state index >= 15 is 0 Å². The molecule has 1 N–H and O–H groups in total. The monoisotopic (exact) mass is 424 g/mol. The van der Waals surface area contributed by atoms with Crippen molar-refractivity contribution in [3.05, 3.63) is 41.5 Å². The number of ether oxygens (including phenoxy) is 1. The number of allylic oxidation sites excluding steroid dienone is 1. The van der Waals surface area contributed by atoms with Crippen molar-refractivity contribution in [2.24, 2.45) is 23.2 Å². The highest BCUT2D eigenvalue weighted by Crippen LogP contribution is 2.56. The van der Waals surface area contributed by atoms with Crippen LogP contribution in [0.3, 0.4) is 0 Å². The number of aliphatic hydroxyl groups excluding tert-OH is 1. The van der Waals surface area contributed by atoms with Crippen LogP contribution in [0.25, 0.3) is 0 Å². The molecule has 2 heterocycles. The second-order valence-electron chi connectivity index (χ2n) is 10.4. The molecule has 6 atom stereocenters. The zero-order chi connectivity index (χ0) is 21.8. The first-order chi connectivity index (χ1) is 14.9. The number of aryl methyl sites for hydroxylation is 1. The average Bonchev–Trinajstić information content (AvgIpc) is 3.06. The first-order valence-corrected chi connectivity index (χ1v) is 12.0. The van der Waals surface area contributed by atoms with Crippen molar-refractivity contribution >= 4 is 11.7 Å². The molecule has 4 aliphatic rings. The van der Waals surface area contributed by atoms with Crippen molar-refractivity contribution < 1.29 is 14.6 Å². The van der Waals surface area contributed by atoms with Crippen molar-refractivity contribution in [3.8, 4) is 0 Å². The Balaban J connectivity index is 1.28. The van der Waals surface area contributed by atoms with E-state index in [4.69, 9.17) is 4.74 Å². The molecule has 1 aromatic rings. The molecule has 0 bridgehead atoms. The van der Waals surface area contributed by atoms with E-state index in [1.54, 1.807) is 0 Å². The van der Waals surface area contributed by atoms with Crippen LogP contribution >= 0.6 is 0 Å². The number of carbonyl (C=O) groups excluding carboxylic acids is 1. The van der Waals surface area contributed by atoms with E-state index in [0.717, 1.165) is 45.4 Å². The Morgan fingerprint density at radius 1 is 1.23 bits per heavy atom. The van der Waals surface area contributed by atoms with Gasteiger partial charge >= 0.3 is 5.97 Å². The van der Waals surface area contributed by atoms with Crippen LogP contribution in [0, 0.1) is 30.1 Å². The Morgan fingerprint density at radius 2 is 2.00 bits per heavy atom. The average molecular weight is 425 g/mol. The molecule has 0 unspecified atom stereocenters. The third-order valence-corrected chi connectivity index (χ3v) is 8.76. The summed E-state index contributed by atoms with van der Waals surface area (Å²) >= 11 is 0. The lowest BCUT2D eigenvalue weighted by Gasteiger charge is -2.52. The first-order valence-electron chi connectivity index (χ1n) is 12.0. The summed E-state index contributed by atoms with van der Waals surface area (Å²) in [5.74, 6) is 0.00589. The summed E-state index contributed by atoms with van der Waals surface area (Å²) < 4.78 is 5.85. The van der Waals surface area contributed by atoms with Gasteiger partial charge < -0.3 is 14.7 Å². The highest BCUT2D eigenvalue weighted by Gasteiger charge is 2.59. The van der Waals surface area contributed by atoms with E-state index in [1.807, 2.05) is 0 Å². The van der Waals surface area contributed by atoms with Gasteiger partial charge in [-0.1, -0.05) is 37.6 Å². The summed E-state index contributed by atoms with van der Waals surface area (Å²) in [6, 6.07) is 8.67. The number of hydrogen-bond acceptors (Lipinski definition) is 5. The molecule has 0 radical (unpaired) electrons. The fourth-order valence-corrected chi connectivity index (χ4v) is 6.57. The van der Waals surface area contributed by atoms with Gasteiger partial charge in [0.25, 0.3) is 0 Å². The van der Waals surface area contributed by atoms with Crippen molar-refractivity contribution in [2.45, 2.75) is 52.2 Å². The van der Waals surface area contributed by atoms with E-state index in [-0.39, 0.29) is 29.3 Å². The number of nitrogens with zero attached hydrogens (tertiary/aromatic N) is 2. The van der Waals surface area contributed by atoms with Crippen LogP contribution in [-0.4, -0.2) is 60.9 Å². The third-order valence-electron chi connectivity index (χ3n) is 8.76. The summed E-state index contributed by atoms with van der Waals surface area (Å²) in [4.78, 5) is 17.7. The third kappa shape index (κ3) is 3.50. The molecule has 5 rings (SSSR count). The molecule has 2 aliphatic carbocycles. The number of rotatable bonds is 3. The second kappa shape index (κ2) is 7.93. The van der Waals surface area contributed by atoms with Crippen LogP contribution in [0.4, 0.5) is 5.69 Å². The van der Waals surface area contributed by atoms with Gasteiger partial charge in [0.2, 0.25) is 0 Å². The van der Waals surface area contributed by atoms with Crippen molar-refractivity contribution in [1.29, 1.82) is 0 Å². The lowest BCUT2D eigenvalue weighted by Crippen LogP contribution is -2.55. The Labute approximate surface area is 186 Å². The van der Waals surface area contributed by atoms with Gasteiger partial charge in [0.15, 0.2) is 0 Å². The Morgan fingerprint density at radius 3 is 2.74 bits per heavy atom. The van der Waals surface area contributed by atoms with Crippen LogP contribution in [0.2, 0.25) is 0 Å². The molecule has 0 aromatic heterocycles. The molecular weight excluding hydrogens is 388 g/mol. The lowest BCUT2D eigenvalue weighted by molar-refractivity contribution is -0.145. The number of benzene rings is 1. The Kier molecular flexibility index (Phi) is 5.38. The minimum absolute atomic E-state index is 0.0926.